The Balaban J connectivity index is 1.35. The van der Waals surface area contributed by atoms with Gasteiger partial charge in [0.15, 0.2) is 0 Å². The number of nitrogens with zero attached hydrogens (tertiary/aromatic N) is 2. The summed E-state index contributed by atoms with van der Waals surface area (Å²) in [4.78, 5) is 28.9. The van der Waals surface area contributed by atoms with Gasteiger partial charge in [-0.25, -0.2) is 0 Å². The minimum atomic E-state index is 0.0239. The molecule has 0 fully saturated rings. The van der Waals surface area contributed by atoms with Gasteiger partial charge < -0.3 is 14.5 Å². The summed E-state index contributed by atoms with van der Waals surface area (Å²) < 4.78 is 5.16. The number of methoxy groups -OCH3 is 1. The molecule has 3 aromatic rings. The van der Waals surface area contributed by atoms with E-state index < -0.39 is 0 Å². The first-order valence-electron chi connectivity index (χ1n) is 9.79. The molecule has 0 radical (unpaired) electrons. The van der Waals surface area contributed by atoms with Crippen LogP contribution in [0, 0.1) is 0 Å². The molecule has 0 aliphatic carbocycles. The molecule has 1 aliphatic heterocycles. The molecular formula is C24H24N2O3. The lowest BCUT2D eigenvalue weighted by Crippen LogP contribution is -2.30. The summed E-state index contributed by atoms with van der Waals surface area (Å²) in [7, 11) is 3.44. The Morgan fingerprint density at radius 3 is 2.48 bits per heavy atom. The van der Waals surface area contributed by atoms with Crippen molar-refractivity contribution in [1.29, 1.82) is 0 Å². The normalized spacial score (nSPS) is 12.5. The summed E-state index contributed by atoms with van der Waals surface area (Å²) in [6, 6.07) is 19.5. The molecule has 0 unspecified atom stereocenters. The number of hydrogen-bond acceptors (Lipinski definition) is 3. The lowest BCUT2D eigenvalue weighted by Gasteiger charge is -2.20. The molecule has 0 bridgehead atoms. The molecule has 0 N–H and O–H groups in total. The average Bonchev–Trinajstić information content (AvgIpc) is 3.02. The highest BCUT2D eigenvalue weighted by Crippen LogP contribution is 2.37. The van der Waals surface area contributed by atoms with Gasteiger partial charge in [-0.05, 0) is 41.6 Å². The molecule has 3 aromatic carbocycles. The lowest BCUT2D eigenvalue weighted by molar-refractivity contribution is -0.130. The first-order valence-corrected chi connectivity index (χ1v) is 9.79. The Kier molecular flexibility index (Phi) is 5.21. The molecule has 1 heterocycles. The van der Waals surface area contributed by atoms with Crippen LogP contribution in [0.1, 0.15) is 28.8 Å². The maximum atomic E-state index is 12.8. The van der Waals surface area contributed by atoms with Gasteiger partial charge in [0.25, 0.3) is 5.91 Å². The molecule has 29 heavy (non-hydrogen) atoms. The lowest BCUT2D eigenvalue weighted by atomic mass is 10.1. The molecule has 0 aromatic heterocycles. The second-order valence-electron chi connectivity index (χ2n) is 7.34. The number of amides is 2. The monoisotopic (exact) mass is 388 g/mol. The van der Waals surface area contributed by atoms with Crippen molar-refractivity contribution in [2.45, 2.75) is 19.4 Å². The first-order chi connectivity index (χ1) is 14.1. The summed E-state index contributed by atoms with van der Waals surface area (Å²) in [6.07, 6.45) is 1.03. The molecule has 5 heteroatoms. The van der Waals surface area contributed by atoms with E-state index >= 15 is 0 Å². The van der Waals surface area contributed by atoms with Gasteiger partial charge in [-0.2, -0.15) is 0 Å². The molecule has 148 valence electrons. The van der Waals surface area contributed by atoms with Crippen molar-refractivity contribution in [1.82, 2.24) is 4.90 Å². The molecular weight excluding hydrogens is 364 g/mol. The minimum Gasteiger partial charge on any atom is -0.497 e. The van der Waals surface area contributed by atoms with E-state index in [-0.39, 0.29) is 11.8 Å². The minimum absolute atomic E-state index is 0.0239. The second kappa shape index (κ2) is 7.95. The zero-order chi connectivity index (χ0) is 20.4. The van der Waals surface area contributed by atoms with Crippen molar-refractivity contribution in [3.05, 3.63) is 71.8 Å². The highest BCUT2D eigenvalue weighted by molar-refractivity contribution is 6.25. The van der Waals surface area contributed by atoms with Gasteiger partial charge in [-0.1, -0.05) is 36.4 Å². The fourth-order valence-corrected chi connectivity index (χ4v) is 3.87. The zero-order valence-corrected chi connectivity index (χ0v) is 16.7. The highest BCUT2D eigenvalue weighted by Gasteiger charge is 2.29. The number of carbonyl (C=O) groups is 2. The zero-order valence-electron chi connectivity index (χ0n) is 16.7. The van der Waals surface area contributed by atoms with Crippen LogP contribution < -0.4 is 9.64 Å². The van der Waals surface area contributed by atoms with Crippen molar-refractivity contribution in [3.63, 3.8) is 0 Å². The van der Waals surface area contributed by atoms with Gasteiger partial charge in [0.2, 0.25) is 5.91 Å². The second-order valence-corrected chi connectivity index (χ2v) is 7.34. The van der Waals surface area contributed by atoms with Crippen LogP contribution in [-0.2, 0) is 11.3 Å². The number of ether oxygens (including phenoxy) is 1. The molecule has 0 spiro atoms. The van der Waals surface area contributed by atoms with Crippen LogP contribution in [0.5, 0.6) is 5.75 Å². The third-order valence-corrected chi connectivity index (χ3v) is 5.43. The van der Waals surface area contributed by atoms with Gasteiger partial charge in [0.1, 0.15) is 5.75 Å². The summed E-state index contributed by atoms with van der Waals surface area (Å²) in [5.74, 6) is 0.896. The van der Waals surface area contributed by atoms with E-state index in [1.165, 1.54) is 0 Å². The van der Waals surface area contributed by atoms with Crippen LogP contribution in [-0.4, -0.2) is 37.4 Å². The average molecular weight is 388 g/mol. The van der Waals surface area contributed by atoms with Gasteiger partial charge in [-0.15, -0.1) is 0 Å². The summed E-state index contributed by atoms with van der Waals surface area (Å²) in [6.45, 7) is 1.09. The van der Waals surface area contributed by atoms with Crippen LogP contribution in [0.2, 0.25) is 0 Å². The fraction of sp³-hybridized carbons (Fsp3) is 0.250. The van der Waals surface area contributed by atoms with Crippen LogP contribution in [0.15, 0.2) is 60.7 Å². The standard InChI is InChI=1S/C24H24N2O3/c1-25(16-17-11-13-19(29-2)14-12-17)22(27)10-5-15-26-21-9-4-7-18-6-3-8-20(23(18)21)24(26)28/h3-4,6-9,11-14H,5,10,15-16H2,1-2H3. The smallest absolute Gasteiger partial charge is 0.258 e. The molecule has 2 amide bonds. The third kappa shape index (κ3) is 3.68. The van der Waals surface area contributed by atoms with Crippen molar-refractivity contribution < 1.29 is 14.3 Å². The Labute approximate surface area is 170 Å². The fourth-order valence-electron chi connectivity index (χ4n) is 3.87. The van der Waals surface area contributed by atoms with Crippen LogP contribution in [0.25, 0.3) is 10.8 Å². The van der Waals surface area contributed by atoms with Gasteiger partial charge in [0.05, 0.1) is 12.8 Å². The molecule has 0 saturated carbocycles. The molecule has 4 rings (SSSR count). The van der Waals surface area contributed by atoms with Crippen molar-refractivity contribution >= 4 is 28.3 Å². The Morgan fingerprint density at radius 2 is 1.76 bits per heavy atom. The highest BCUT2D eigenvalue weighted by atomic mass is 16.5. The Bertz CT molecular complexity index is 1050. The van der Waals surface area contributed by atoms with Crippen LogP contribution >= 0.6 is 0 Å². The van der Waals surface area contributed by atoms with E-state index in [0.717, 1.165) is 33.3 Å². The van der Waals surface area contributed by atoms with E-state index in [4.69, 9.17) is 4.74 Å². The van der Waals surface area contributed by atoms with E-state index in [2.05, 4.69) is 0 Å². The first kappa shape index (κ1) is 19.0. The number of anilines is 1. The third-order valence-electron chi connectivity index (χ3n) is 5.43. The molecule has 0 saturated heterocycles. The summed E-state index contributed by atoms with van der Waals surface area (Å²) in [5, 5.41) is 2.09. The molecule has 1 aliphatic rings. The van der Waals surface area contributed by atoms with E-state index in [0.29, 0.717) is 25.9 Å². The topological polar surface area (TPSA) is 49.9 Å². The van der Waals surface area contributed by atoms with Gasteiger partial charge in [-0.3, -0.25) is 9.59 Å². The van der Waals surface area contributed by atoms with Gasteiger partial charge >= 0.3 is 0 Å². The van der Waals surface area contributed by atoms with E-state index in [9.17, 15) is 9.59 Å². The number of hydrogen-bond donors (Lipinski definition) is 0. The largest absolute Gasteiger partial charge is 0.497 e. The van der Waals surface area contributed by atoms with Crippen LogP contribution in [0.3, 0.4) is 0 Å². The maximum Gasteiger partial charge on any atom is 0.258 e. The van der Waals surface area contributed by atoms with Crippen molar-refractivity contribution in [2.24, 2.45) is 0 Å². The molecule has 0 atom stereocenters. The SMILES string of the molecule is COc1ccc(CN(C)C(=O)CCCN2C(=O)c3cccc4cccc2c34)cc1. The Hall–Kier alpha value is -3.34. The molecule has 5 nitrogen and oxygen atoms in total. The van der Waals surface area contributed by atoms with Crippen LogP contribution in [0.4, 0.5) is 5.69 Å². The number of carbonyl (C=O) groups excluding carboxylic acids is 2. The van der Waals surface area contributed by atoms with Gasteiger partial charge in [0, 0.05) is 37.5 Å². The van der Waals surface area contributed by atoms with Crippen molar-refractivity contribution in [2.75, 3.05) is 25.6 Å². The summed E-state index contributed by atoms with van der Waals surface area (Å²) in [5.41, 5.74) is 2.75. The van der Waals surface area contributed by atoms with E-state index in [1.54, 1.807) is 16.9 Å². The van der Waals surface area contributed by atoms with E-state index in [1.807, 2.05) is 67.7 Å². The number of benzene rings is 3. The predicted molar refractivity (Wildman–Crippen MR) is 114 cm³/mol. The quantitative estimate of drug-likeness (QED) is 0.608. The predicted octanol–water partition coefficient (Wildman–Crippen LogP) is 4.25. The summed E-state index contributed by atoms with van der Waals surface area (Å²) >= 11 is 0. The van der Waals surface area contributed by atoms with Crippen molar-refractivity contribution in [3.8, 4) is 5.75 Å². The number of rotatable bonds is 7. The maximum absolute atomic E-state index is 12.8. The Morgan fingerprint density at radius 1 is 1.03 bits per heavy atom.